The van der Waals surface area contributed by atoms with Crippen molar-refractivity contribution in [2.75, 3.05) is 12.0 Å². The van der Waals surface area contributed by atoms with Gasteiger partial charge in [-0.1, -0.05) is 48.5 Å². The number of anilines is 1. The SMILES string of the molecule is COc1cc(/C=C2\C(=O)NC(=S)N(c3ccccc3C)C2=O)ccc1OCc1ccc(C(=O)[O-])cc1. The van der Waals surface area contributed by atoms with Crippen LogP contribution in [0.1, 0.15) is 27.0 Å². The summed E-state index contributed by atoms with van der Waals surface area (Å²) in [5, 5.41) is 13.5. The third kappa shape index (κ3) is 5.11. The van der Waals surface area contributed by atoms with Gasteiger partial charge in [0.15, 0.2) is 16.6 Å². The van der Waals surface area contributed by atoms with E-state index in [1.165, 1.54) is 30.2 Å². The summed E-state index contributed by atoms with van der Waals surface area (Å²) in [6.45, 7) is 2.03. The van der Waals surface area contributed by atoms with E-state index in [0.29, 0.717) is 22.7 Å². The van der Waals surface area contributed by atoms with Crippen LogP contribution in [-0.4, -0.2) is 30.0 Å². The number of nitrogens with one attached hydrogen (secondary N) is 1. The molecular formula is C27H21N2O6S-. The van der Waals surface area contributed by atoms with Crippen LogP contribution >= 0.6 is 12.2 Å². The van der Waals surface area contributed by atoms with Crippen molar-refractivity contribution >= 4 is 46.9 Å². The molecule has 1 N–H and O–H groups in total. The van der Waals surface area contributed by atoms with Gasteiger partial charge in [-0.2, -0.15) is 0 Å². The molecule has 4 rings (SSSR count). The summed E-state index contributed by atoms with van der Waals surface area (Å²) in [6.07, 6.45) is 1.47. The Morgan fingerprint density at radius 3 is 2.44 bits per heavy atom. The first-order valence-electron chi connectivity index (χ1n) is 10.9. The molecule has 0 aliphatic carbocycles. The van der Waals surface area contributed by atoms with Gasteiger partial charge in [-0.15, -0.1) is 0 Å². The molecule has 36 heavy (non-hydrogen) atoms. The molecule has 1 aliphatic heterocycles. The fourth-order valence-electron chi connectivity index (χ4n) is 3.65. The Balaban J connectivity index is 1.57. The number of carboxylic acid groups (broad SMARTS) is 1. The number of thiocarbonyl (C=S) groups is 1. The normalized spacial score (nSPS) is 14.6. The van der Waals surface area contributed by atoms with Gasteiger partial charge in [0, 0.05) is 0 Å². The highest BCUT2D eigenvalue weighted by Gasteiger charge is 2.35. The van der Waals surface area contributed by atoms with Crippen molar-refractivity contribution < 1.29 is 29.0 Å². The predicted molar refractivity (Wildman–Crippen MR) is 135 cm³/mol. The second kappa shape index (κ2) is 10.4. The van der Waals surface area contributed by atoms with Gasteiger partial charge in [-0.25, -0.2) is 0 Å². The summed E-state index contributed by atoms with van der Waals surface area (Å²) in [6, 6.07) is 18.4. The number of para-hydroxylation sites is 1. The zero-order chi connectivity index (χ0) is 25.8. The quantitative estimate of drug-likeness (QED) is 0.301. The maximum Gasteiger partial charge on any atom is 0.270 e. The van der Waals surface area contributed by atoms with Gasteiger partial charge < -0.3 is 19.4 Å². The molecule has 0 saturated carbocycles. The molecule has 8 nitrogen and oxygen atoms in total. The number of amides is 2. The van der Waals surface area contributed by atoms with Crippen LogP contribution in [0.15, 0.2) is 72.3 Å². The first-order valence-corrected chi connectivity index (χ1v) is 11.3. The molecule has 2 amide bonds. The molecular weight excluding hydrogens is 480 g/mol. The van der Waals surface area contributed by atoms with E-state index < -0.39 is 17.8 Å². The Morgan fingerprint density at radius 2 is 1.78 bits per heavy atom. The van der Waals surface area contributed by atoms with Gasteiger partial charge in [0.2, 0.25) is 0 Å². The molecule has 0 radical (unpaired) electrons. The molecule has 0 atom stereocenters. The van der Waals surface area contributed by atoms with E-state index >= 15 is 0 Å². The highest BCUT2D eigenvalue weighted by molar-refractivity contribution is 7.80. The minimum Gasteiger partial charge on any atom is -0.545 e. The topological polar surface area (TPSA) is 108 Å². The number of aromatic carboxylic acids is 1. The number of aryl methyl sites for hydroxylation is 1. The fraction of sp³-hybridized carbons (Fsp3) is 0.111. The van der Waals surface area contributed by atoms with Crippen LogP contribution in [0.4, 0.5) is 5.69 Å². The average Bonchev–Trinajstić information content (AvgIpc) is 2.86. The minimum atomic E-state index is -1.25. The summed E-state index contributed by atoms with van der Waals surface area (Å²) < 4.78 is 11.3. The van der Waals surface area contributed by atoms with Gasteiger partial charge in [-0.3, -0.25) is 19.8 Å². The lowest BCUT2D eigenvalue weighted by Crippen LogP contribution is -2.54. The Labute approximate surface area is 212 Å². The van der Waals surface area contributed by atoms with E-state index in [9.17, 15) is 19.5 Å². The molecule has 1 fully saturated rings. The Bertz CT molecular complexity index is 1400. The summed E-state index contributed by atoms with van der Waals surface area (Å²) in [5.41, 5.74) is 2.74. The lowest BCUT2D eigenvalue weighted by atomic mass is 10.1. The average molecular weight is 502 g/mol. The zero-order valence-corrected chi connectivity index (χ0v) is 20.3. The van der Waals surface area contributed by atoms with Crippen molar-refractivity contribution in [1.29, 1.82) is 0 Å². The smallest absolute Gasteiger partial charge is 0.270 e. The third-order valence-electron chi connectivity index (χ3n) is 5.54. The van der Waals surface area contributed by atoms with E-state index in [0.717, 1.165) is 11.1 Å². The van der Waals surface area contributed by atoms with E-state index in [2.05, 4.69) is 5.32 Å². The van der Waals surface area contributed by atoms with Gasteiger partial charge >= 0.3 is 0 Å². The molecule has 182 valence electrons. The van der Waals surface area contributed by atoms with Gasteiger partial charge in [0.05, 0.1) is 18.8 Å². The largest absolute Gasteiger partial charge is 0.545 e. The lowest BCUT2D eigenvalue weighted by Gasteiger charge is -2.30. The molecule has 0 unspecified atom stereocenters. The fourth-order valence-corrected chi connectivity index (χ4v) is 3.92. The van der Waals surface area contributed by atoms with Crippen molar-refractivity contribution in [3.05, 3.63) is 94.6 Å². The summed E-state index contributed by atoms with van der Waals surface area (Å²) >= 11 is 5.26. The second-order valence-electron chi connectivity index (χ2n) is 7.93. The van der Waals surface area contributed by atoms with Crippen molar-refractivity contribution in [3.63, 3.8) is 0 Å². The third-order valence-corrected chi connectivity index (χ3v) is 5.83. The van der Waals surface area contributed by atoms with Crippen LogP contribution in [0.2, 0.25) is 0 Å². The Morgan fingerprint density at radius 1 is 1.06 bits per heavy atom. The number of carbonyl (C=O) groups is 3. The number of carbonyl (C=O) groups excluding carboxylic acids is 3. The molecule has 1 saturated heterocycles. The molecule has 1 heterocycles. The number of ether oxygens (including phenoxy) is 2. The number of benzene rings is 3. The van der Waals surface area contributed by atoms with Gasteiger partial charge in [-0.05, 0) is 65.7 Å². The van der Waals surface area contributed by atoms with E-state index in [-0.39, 0.29) is 22.9 Å². The van der Waals surface area contributed by atoms with Crippen LogP contribution in [0.25, 0.3) is 6.08 Å². The molecule has 0 aromatic heterocycles. The zero-order valence-electron chi connectivity index (χ0n) is 19.4. The van der Waals surface area contributed by atoms with Crippen LogP contribution in [0.5, 0.6) is 11.5 Å². The van der Waals surface area contributed by atoms with Crippen LogP contribution in [0.3, 0.4) is 0 Å². The highest BCUT2D eigenvalue weighted by Crippen LogP contribution is 2.31. The van der Waals surface area contributed by atoms with Crippen LogP contribution in [0, 0.1) is 6.92 Å². The Kier molecular flexibility index (Phi) is 7.12. The van der Waals surface area contributed by atoms with Gasteiger partial charge in [0.25, 0.3) is 11.8 Å². The Hall–Kier alpha value is -4.50. The summed E-state index contributed by atoms with van der Waals surface area (Å²) in [5.74, 6) is -1.54. The number of rotatable bonds is 7. The molecule has 9 heteroatoms. The number of carboxylic acids is 1. The van der Waals surface area contributed by atoms with Crippen molar-refractivity contribution in [2.24, 2.45) is 0 Å². The second-order valence-corrected chi connectivity index (χ2v) is 8.31. The van der Waals surface area contributed by atoms with Crippen molar-refractivity contribution in [2.45, 2.75) is 13.5 Å². The summed E-state index contributed by atoms with van der Waals surface area (Å²) in [4.78, 5) is 38.1. The first-order chi connectivity index (χ1) is 17.3. The molecule has 0 bridgehead atoms. The van der Waals surface area contributed by atoms with Crippen LogP contribution in [-0.2, 0) is 16.2 Å². The standard InChI is InChI=1S/C27H22N2O6S/c1-16-5-3-4-6-21(16)29-25(31)20(24(30)28-27(29)36)13-18-9-12-22(23(14-18)34-2)35-15-17-7-10-19(11-8-17)26(32)33/h3-14H,15H2,1-2H3,(H,32,33)(H,28,30,36)/p-1/b20-13+. The van der Waals surface area contributed by atoms with Crippen molar-refractivity contribution in [3.8, 4) is 11.5 Å². The highest BCUT2D eigenvalue weighted by atomic mass is 32.1. The minimum absolute atomic E-state index is 0.0189. The molecule has 0 spiro atoms. The lowest BCUT2D eigenvalue weighted by molar-refractivity contribution is -0.255. The van der Waals surface area contributed by atoms with Crippen LogP contribution < -0.4 is 24.8 Å². The van der Waals surface area contributed by atoms with E-state index in [1.807, 2.05) is 19.1 Å². The molecule has 3 aromatic carbocycles. The van der Waals surface area contributed by atoms with Gasteiger partial charge in [0.1, 0.15) is 12.2 Å². The van der Waals surface area contributed by atoms with E-state index in [1.54, 1.807) is 42.5 Å². The maximum absolute atomic E-state index is 13.3. The molecule has 1 aliphatic rings. The summed E-state index contributed by atoms with van der Waals surface area (Å²) in [7, 11) is 1.48. The number of nitrogens with zero attached hydrogens (tertiary/aromatic N) is 1. The molecule has 3 aromatic rings. The monoisotopic (exact) mass is 501 g/mol. The number of hydrogen-bond donors (Lipinski definition) is 1. The first kappa shape index (κ1) is 24.6. The van der Waals surface area contributed by atoms with E-state index in [4.69, 9.17) is 21.7 Å². The maximum atomic E-state index is 13.3. The predicted octanol–water partition coefficient (Wildman–Crippen LogP) is 2.78. The van der Waals surface area contributed by atoms with Crippen molar-refractivity contribution in [1.82, 2.24) is 5.32 Å². The number of methoxy groups -OCH3 is 1. The number of hydrogen-bond acceptors (Lipinski definition) is 7.